The van der Waals surface area contributed by atoms with E-state index in [1.54, 1.807) is 36.5 Å². The van der Waals surface area contributed by atoms with Crippen LogP contribution in [0.1, 0.15) is 27.1 Å². The SMILES string of the molecule is CN(C(=O)c1ccc(-c2nc3cccc4c3n2CCC4=O)cc1)c1ccncc1. The highest BCUT2D eigenvalue weighted by atomic mass is 16.2. The summed E-state index contributed by atoms with van der Waals surface area (Å²) < 4.78 is 2.10. The normalized spacial score (nSPS) is 12.9. The minimum Gasteiger partial charge on any atom is -0.323 e. The number of Topliss-reactive ketones (excluding diaryl/α,β-unsaturated/α-hetero) is 1. The van der Waals surface area contributed by atoms with Gasteiger partial charge in [0.05, 0.1) is 11.0 Å². The number of anilines is 1. The standard InChI is InChI=1S/C23H18N4O2/c1-26(17-9-12-24-13-10-17)23(29)16-7-5-15(6-8-16)22-25-19-4-2-3-18-20(28)11-14-27(22)21(18)19/h2-10,12-13H,11,14H2,1H3. The van der Waals surface area contributed by atoms with E-state index in [1.807, 2.05) is 42.5 Å². The van der Waals surface area contributed by atoms with Gasteiger partial charge in [0, 0.05) is 54.8 Å². The van der Waals surface area contributed by atoms with Gasteiger partial charge in [-0.2, -0.15) is 0 Å². The van der Waals surface area contributed by atoms with E-state index in [2.05, 4.69) is 9.55 Å². The molecule has 5 rings (SSSR count). The molecule has 142 valence electrons. The van der Waals surface area contributed by atoms with Crippen molar-refractivity contribution >= 4 is 28.4 Å². The first-order valence-corrected chi connectivity index (χ1v) is 9.44. The van der Waals surface area contributed by atoms with Gasteiger partial charge in [-0.1, -0.05) is 18.2 Å². The fourth-order valence-corrected chi connectivity index (χ4v) is 3.84. The molecule has 6 nitrogen and oxygen atoms in total. The second kappa shape index (κ2) is 6.67. The number of para-hydroxylation sites is 1. The molecule has 2 aromatic carbocycles. The molecule has 2 aromatic heterocycles. The Hall–Kier alpha value is -3.80. The van der Waals surface area contributed by atoms with Gasteiger partial charge in [-0.15, -0.1) is 0 Å². The Morgan fingerprint density at radius 1 is 1.03 bits per heavy atom. The van der Waals surface area contributed by atoms with Gasteiger partial charge in [-0.05, 0) is 36.4 Å². The summed E-state index contributed by atoms with van der Waals surface area (Å²) in [5.74, 6) is 0.890. The van der Waals surface area contributed by atoms with Crippen LogP contribution >= 0.6 is 0 Å². The van der Waals surface area contributed by atoms with Gasteiger partial charge in [0.2, 0.25) is 0 Å². The Bertz CT molecular complexity index is 1240. The Labute approximate surface area is 167 Å². The maximum absolute atomic E-state index is 12.8. The lowest BCUT2D eigenvalue weighted by molar-refractivity contribution is 0.0970. The van der Waals surface area contributed by atoms with Gasteiger partial charge < -0.3 is 9.47 Å². The second-order valence-corrected chi connectivity index (χ2v) is 7.08. The second-order valence-electron chi connectivity index (χ2n) is 7.08. The van der Waals surface area contributed by atoms with E-state index >= 15 is 0 Å². The van der Waals surface area contributed by atoms with E-state index in [0.29, 0.717) is 18.5 Å². The molecule has 0 fully saturated rings. The lowest BCUT2D eigenvalue weighted by Crippen LogP contribution is -2.26. The van der Waals surface area contributed by atoms with Gasteiger partial charge in [0.15, 0.2) is 5.78 Å². The van der Waals surface area contributed by atoms with Crippen molar-refractivity contribution in [2.24, 2.45) is 0 Å². The number of amides is 1. The van der Waals surface area contributed by atoms with Crippen LogP contribution in [0.5, 0.6) is 0 Å². The van der Waals surface area contributed by atoms with Crippen LogP contribution in [0.15, 0.2) is 67.0 Å². The molecule has 0 aliphatic carbocycles. The molecule has 0 saturated heterocycles. The number of hydrogen-bond donors (Lipinski definition) is 0. The summed E-state index contributed by atoms with van der Waals surface area (Å²) in [4.78, 5) is 35.4. The van der Waals surface area contributed by atoms with Crippen molar-refractivity contribution < 1.29 is 9.59 Å². The van der Waals surface area contributed by atoms with E-state index in [-0.39, 0.29) is 11.7 Å². The Morgan fingerprint density at radius 2 is 1.79 bits per heavy atom. The van der Waals surface area contributed by atoms with Crippen molar-refractivity contribution in [2.45, 2.75) is 13.0 Å². The number of carbonyl (C=O) groups is 2. The lowest BCUT2D eigenvalue weighted by atomic mass is 10.0. The van der Waals surface area contributed by atoms with E-state index in [9.17, 15) is 9.59 Å². The monoisotopic (exact) mass is 382 g/mol. The van der Waals surface area contributed by atoms with Gasteiger partial charge in [0.1, 0.15) is 5.82 Å². The van der Waals surface area contributed by atoms with E-state index < -0.39 is 0 Å². The molecule has 1 aliphatic heterocycles. The van der Waals surface area contributed by atoms with Crippen LogP contribution in [0.2, 0.25) is 0 Å². The summed E-state index contributed by atoms with van der Waals surface area (Å²) in [5.41, 5.74) is 4.76. The molecule has 4 aromatic rings. The van der Waals surface area contributed by atoms with Crippen LogP contribution in [-0.2, 0) is 6.54 Å². The van der Waals surface area contributed by atoms with Crippen molar-refractivity contribution in [3.05, 3.63) is 78.1 Å². The summed E-state index contributed by atoms with van der Waals surface area (Å²) in [5, 5.41) is 0. The molecule has 1 aliphatic rings. The average Bonchev–Trinajstić information content (AvgIpc) is 3.16. The number of hydrogen-bond acceptors (Lipinski definition) is 4. The molecule has 29 heavy (non-hydrogen) atoms. The maximum atomic E-state index is 12.8. The van der Waals surface area contributed by atoms with Gasteiger partial charge in [-0.25, -0.2) is 4.98 Å². The van der Waals surface area contributed by atoms with Crippen LogP contribution in [0, 0.1) is 0 Å². The van der Waals surface area contributed by atoms with Crippen LogP contribution in [0.3, 0.4) is 0 Å². The third kappa shape index (κ3) is 2.81. The van der Waals surface area contributed by atoms with Crippen molar-refractivity contribution in [3.8, 4) is 11.4 Å². The van der Waals surface area contributed by atoms with Gasteiger partial charge in [0.25, 0.3) is 5.91 Å². The highest BCUT2D eigenvalue weighted by molar-refractivity contribution is 6.08. The number of benzene rings is 2. The first-order valence-electron chi connectivity index (χ1n) is 9.44. The van der Waals surface area contributed by atoms with Crippen molar-refractivity contribution in [2.75, 3.05) is 11.9 Å². The molecule has 1 amide bonds. The van der Waals surface area contributed by atoms with Crippen molar-refractivity contribution in [1.82, 2.24) is 14.5 Å². The molecule has 0 saturated carbocycles. The Morgan fingerprint density at radius 3 is 2.55 bits per heavy atom. The van der Waals surface area contributed by atoms with Gasteiger partial charge >= 0.3 is 0 Å². The number of pyridine rings is 1. The Kier molecular flexibility index (Phi) is 3.98. The molecule has 3 heterocycles. The minimum absolute atomic E-state index is 0.0924. The molecule has 0 unspecified atom stereocenters. The summed E-state index contributed by atoms with van der Waals surface area (Å²) in [6, 6.07) is 16.7. The predicted molar refractivity (Wildman–Crippen MR) is 111 cm³/mol. The fraction of sp³-hybridized carbons (Fsp3) is 0.130. The largest absolute Gasteiger partial charge is 0.323 e. The Balaban J connectivity index is 1.50. The van der Waals surface area contributed by atoms with Crippen LogP contribution in [-0.4, -0.2) is 33.3 Å². The zero-order chi connectivity index (χ0) is 20.0. The predicted octanol–water partition coefficient (Wildman–Crippen LogP) is 3.96. The smallest absolute Gasteiger partial charge is 0.258 e. The number of aromatic nitrogens is 3. The van der Waals surface area contributed by atoms with E-state index in [1.165, 1.54) is 0 Å². The maximum Gasteiger partial charge on any atom is 0.258 e. The minimum atomic E-state index is -0.0924. The third-order valence-electron chi connectivity index (χ3n) is 5.37. The van der Waals surface area contributed by atoms with Gasteiger partial charge in [-0.3, -0.25) is 14.6 Å². The zero-order valence-electron chi connectivity index (χ0n) is 15.9. The molecule has 0 radical (unpaired) electrons. The number of imidazole rings is 1. The first kappa shape index (κ1) is 17.3. The van der Waals surface area contributed by atoms with Crippen LogP contribution in [0.25, 0.3) is 22.4 Å². The summed E-state index contributed by atoms with van der Waals surface area (Å²) in [6.07, 6.45) is 3.80. The van der Waals surface area contributed by atoms with E-state index in [4.69, 9.17) is 4.98 Å². The summed E-state index contributed by atoms with van der Waals surface area (Å²) in [7, 11) is 1.75. The molecular weight excluding hydrogens is 364 g/mol. The molecule has 0 N–H and O–H groups in total. The lowest BCUT2D eigenvalue weighted by Gasteiger charge is -2.18. The molecule has 6 heteroatoms. The van der Waals surface area contributed by atoms with Crippen LogP contribution in [0.4, 0.5) is 5.69 Å². The fourth-order valence-electron chi connectivity index (χ4n) is 3.84. The van der Waals surface area contributed by atoms with Crippen LogP contribution < -0.4 is 4.90 Å². The number of rotatable bonds is 3. The average molecular weight is 382 g/mol. The number of aryl methyl sites for hydroxylation is 1. The summed E-state index contributed by atoms with van der Waals surface area (Å²) in [6.45, 7) is 0.618. The first-order chi connectivity index (χ1) is 14.1. The highest BCUT2D eigenvalue weighted by Crippen LogP contribution is 2.31. The zero-order valence-corrected chi connectivity index (χ0v) is 15.9. The molecular formula is C23H18N4O2. The molecule has 0 bridgehead atoms. The highest BCUT2D eigenvalue weighted by Gasteiger charge is 2.23. The quantitative estimate of drug-likeness (QED) is 0.538. The van der Waals surface area contributed by atoms with E-state index in [0.717, 1.165) is 33.7 Å². The number of ketones is 1. The summed E-state index contributed by atoms with van der Waals surface area (Å²) >= 11 is 0. The molecule has 0 atom stereocenters. The van der Waals surface area contributed by atoms with Crippen molar-refractivity contribution in [3.63, 3.8) is 0 Å². The topological polar surface area (TPSA) is 68.1 Å². The number of carbonyl (C=O) groups excluding carboxylic acids is 2. The third-order valence-corrected chi connectivity index (χ3v) is 5.37. The molecule has 0 spiro atoms. The number of nitrogens with zero attached hydrogens (tertiary/aromatic N) is 4. The van der Waals surface area contributed by atoms with Crippen molar-refractivity contribution in [1.29, 1.82) is 0 Å².